The number of nitrogens with one attached hydrogen (secondary N) is 1. The zero-order valence-corrected chi connectivity index (χ0v) is 12.7. The predicted octanol–water partition coefficient (Wildman–Crippen LogP) is 1.42. The number of amides is 1. The number of carbonyl (C=O) groups is 1. The van der Waals surface area contributed by atoms with Gasteiger partial charge in [-0.1, -0.05) is 18.2 Å². The number of aromatic nitrogens is 3. The standard InChI is InChI=1S/C17H16N4O2/c1-12-5-4-6-13(20-12)9-18-17(23)11-21-15-8-3-2-7-14(15)16(22)10-19-21/h2-8,10H,9,11H2,1H3,(H,18,23). The van der Waals surface area contributed by atoms with Gasteiger partial charge in [0.15, 0.2) is 0 Å². The Kier molecular flexibility index (Phi) is 4.14. The summed E-state index contributed by atoms with van der Waals surface area (Å²) in [5.41, 5.74) is 2.20. The second-order valence-corrected chi connectivity index (χ2v) is 5.23. The molecule has 6 heteroatoms. The zero-order chi connectivity index (χ0) is 16.2. The topological polar surface area (TPSA) is 76.9 Å². The molecule has 1 aromatic carbocycles. The van der Waals surface area contributed by atoms with Crippen molar-refractivity contribution in [1.82, 2.24) is 20.1 Å². The van der Waals surface area contributed by atoms with Gasteiger partial charge in [-0.25, -0.2) is 0 Å². The molecule has 0 fully saturated rings. The van der Waals surface area contributed by atoms with Gasteiger partial charge in [-0.3, -0.25) is 19.3 Å². The van der Waals surface area contributed by atoms with Gasteiger partial charge in [-0.05, 0) is 31.2 Å². The highest BCUT2D eigenvalue weighted by molar-refractivity contribution is 5.81. The van der Waals surface area contributed by atoms with Crippen LogP contribution in [0.1, 0.15) is 11.4 Å². The molecule has 2 aromatic heterocycles. The minimum Gasteiger partial charge on any atom is -0.349 e. The number of fused-ring (bicyclic) bond motifs is 1. The van der Waals surface area contributed by atoms with E-state index in [0.717, 1.165) is 11.4 Å². The molecule has 0 aliphatic rings. The zero-order valence-electron chi connectivity index (χ0n) is 12.7. The summed E-state index contributed by atoms with van der Waals surface area (Å²) in [5.74, 6) is -0.186. The minimum atomic E-state index is -0.186. The van der Waals surface area contributed by atoms with Crippen molar-refractivity contribution in [3.63, 3.8) is 0 Å². The second kappa shape index (κ2) is 6.39. The third-order valence-electron chi connectivity index (χ3n) is 3.47. The summed E-state index contributed by atoms with van der Waals surface area (Å²) in [6.45, 7) is 2.31. The van der Waals surface area contributed by atoms with Gasteiger partial charge in [0.05, 0.1) is 24.0 Å². The summed E-state index contributed by atoms with van der Waals surface area (Å²) >= 11 is 0. The SMILES string of the molecule is Cc1cccc(CNC(=O)Cn2ncc(=O)c3ccccc32)n1. The number of hydrogen-bond donors (Lipinski definition) is 1. The number of aryl methyl sites for hydroxylation is 1. The van der Waals surface area contributed by atoms with Crippen molar-refractivity contribution in [3.8, 4) is 0 Å². The Morgan fingerprint density at radius 2 is 2.00 bits per heavy atom. The maximum atomic E-state index is 12.1. The average Bonchev–Trinajstić information content (AvgIpc) is 2.56. The van der Waals surface area contributed by atoms with E-state index < -0.39 is 0 Å². The van der Waals surface area contributed by atoms with E-state index >= 15 is 0 Å². The Morgan fingerprint density at radius 3 is 2.83 bits per heavy atom. The number of para-hydroxylation sites is 1. The van der Waals surface area contributed by atoms with E-state index in [-0.39, 0.29) is 17.9 Å². The highest BCUT2D eigenvalue weighted by atomic mass is 16.2. The average molecular weight is 308 g/mol. The molecule has 116 valence electrons. The van der Waals surface area contributed by atoms with Crippen LogP contribution >= 0.6 is 0 Å². The van der Waals surface area contributed by atoms with Gasteiger partial charge in [-0.2, -0.15) is 5.10 Å². The lowest BCUT2D eigenvalue weighted by atomic mass is 10.2. The van der Waals surface area contributed by atoms with E-state index in [9.17, 15) is 9.59 Å². The molecule has 0 bridgehead atoms. The maximum absolute atomic E-state index is 12.1. The Balaban J connectivity index is 1.73. The predicted molar refractivity (Wildman–Crippen MR) is 86.8 cm³/mol. The van der Waals surface area contributed by atoms with Crippen molar-refractivity contribution in [2.24, 2.45) is 0 Å². The summed E-state index contributed by atoms with van der Waals surface area (Å²) in [7, 11) is 0. The van der Waals surface area contributed by atoms with Crippen molar-refractivity contribution < 1.29 is 4.79 Å². The van der Waals surface area contributed by atoms with Crippen molar-refractivity contribution >= 4 is 16.8 Å². The largest absolute Gasteiger partial charge is 0.349 e. The Morgan fingerprint density at radius 1 is 1.17 bits per heavy atom. The second-order valence-electron chi connectivity index (χ2n) is 5.23. The van der Waals surface area contributed by atoms with E-state index in [1.54, 1.807) is 18.2 Å². The van der Waals surface area contributed by atoms with Crippen molar-refractivity contribution in [2.45, 2.75) is 20.0 Å². The van der Waals surface area contributed by atoms with Crippen LogP contribution in [-0.2, 0) is 17.9 Å². The van der Waals surface area contributed by atoms with Gasteiger partial charge < -0.3 is 5.32 Å². The molecule has 3 rings (SSSR count). The van der Waals surface area contributed by atoms with Gasteiger partial charge in [0.25, 0.3) is 0 Å². The Labute approximate surface area is 132 Å². The van der Waals surface area contributed by atoms with Crippen LogP contribution < -0.4 is 10.7 Å². The lowest BCUT2D eigenvalue weighted by Crippen LogP contribution is -2.29. The first-order chi connectivity index (χ1) is 11.1. The molecule has 0 spiro atoms. The van der Waals surface area contributed by atoms with E-state index in [1.807, 2.05) is 31.2 Å². The maximum Gasteiger partial charge on any atom is 0.242 e. The lowest BCUT2D eigenvalue weighted by molar-refractivity contribution is -0.122. The fraction of sp³-hybridized carbons (Fsp3) is 0.176. The van der Waals surface area contributed by atoms with Crippen molar-refractivity contribution in [2.75, 3.05) is 0 Å². The van der Waals surface area contributed by atoms with E-state index in [4.69, 9.17) is 0 Å². The molecular weight excluding hydrogens is 292 g/mol. The Bertz CT molecular complexity index is 918. The first kappa shape index (κ1) is 14.9. The summed E-state index contributed by atoms with van der Waals surface area (Å²) in [6, 6.07) is 12.8. The van der Waals surface area contributed by atoms with Crippen molar-refractivity contribution in [3.05, 3.63) is 70.3 Å². The number of carbonyl (C=O) groups excluding carboxylic acids is 1. The number of hydrogen-bond acceptors (Lipinski definition) is 4. The molecule has 0 aliphatic carbocycles. The van der Waals surface area contributed by atoms with Gasteiger partial charge in [-0.15, -0.1) is 0 Å². The summed E-state index contributed by atoms with van der Waals surface area (Å²) in [6.07, 6.45) is 1.23. The van der Waals surface area contributed by atoms with Crippen LogP contribution in [0.2, 0.25) is 0 Å². The molecule has 6 nitrogen and oxygen atoms in total. The van der Waals surface area contributed by atoms with Gasteiger partial charge in [0.1, 0.15) is 6.54 Å². The molecule has 0 aliphatic heterocycles. The number of rotatable bonds is 4. The molecule has 1 N–H and O–H groups in total. The molecule has 0 saturated carbocycles. The molecule has 0 radical (unpaired) electrons. The highest BCUT2D eigenvalue weighted by Crippen LogP contribution is 2.07. The first-order valence-corrected chi connectivity index (χ1v) is 7.27. The summed E-state index contributed by atoms with van der Waals surface area (Å²) in [4.78, 5) is 28.2. The molecule has 0 saturated heterocycles. The van der Waals surface area contributed by atoms with Crippen molar-refractivity contribution in [1.29, 1.82) is 0 Å². The fourth-order valence-corrected chi connectivity index (χ4v) is 2.37. The number of nitrogens with zero attached hydrogens (tertiary/aromatic N) is 3. The summed E-state index contributed by atoms with van der Waals surface area (Å²) < 4.78 is 1.52. The molecule has 2 heterocycles. The highest BCUT2D eigenvalue weighted by Gasteiger charge is 2.08. The first-order valence-electron chi connectivity index (χ1n) is 7.27. The Hall–Kier alpha value is -3.02. The van der Waals surface area contributed by atoms with E-state index in [2.05, 4.69) is 15.4 Å². The van der Waals surface area contributed by atoms with Gasteiger partial charge >= 0.3 is 0 Å². The molecule has 0 atom stereocenters. The van der Waals surface area contributed by atoms with E-state index in [0.29, 0.717) is 17.4 Å². The van der Waals surface area contributed by atoms with Crippen LogP contribution in [0, 0.1) is 6.92 Å². The number of benzene rings is 1. The normalized spacial score (nSPS) is 10.7. The van der Waals surface area contributed by atoms with Crippen LogP contribution in [0.25, 0.3) is 10.9 Å². The quantitative estimate of drug-likeness (QED) is 0.790. The van der Waals surface area contributed by atoms with Crippen LogP contribution in [0.15, 0.2) is 53.5 Å². The molecule has 0 unspecified atom stereocenters. The fourth-order valence-electron chi connectivity index (χ4n) is 2.37. The van der Waals surface area contributed by atoms with Gasteiger partial charge in [0, 0.05) is 11.1 Å². The van der Waals surface area contributed by atoms with E-state index in [1.165, 1.54) is 10.9 Å². The smallest absolute Gasteiger partial charge is 0.242 e. The lowest BCUT2D eigenvalue weighted by Gasteiger charge is -2.09. The van der Waals surface area contributed by atoms with Crippen LogP contribution in [-0.4, -0.2) is 20.7 Å². The third kappa shape index (κ3) is 3.42. The molecule has 23 heavy (non-hydrogen) atoms. The third-order valence-corrected chi connectivity index (χ3v) is 3.47. The number of pyridine rings is 1. The molecular formula is C17H16N4O2. The van der Waals surface area contributed by atoms with Crippen LogP contribution in [0.3, 0.4) is 0 Å². The molecule has 1 amide bonds. The minimum absolute atomic E-state index is 0.0482. The summed E-state index contributed by atoms with van der Waals surface area (Å²) in [5, 5.41) is 7.41. The monoisotopic (exact) mass is 308 g/mol. The molecule has 3 aromatic rings. The van der Waals surface area contributed by atoms with Crippen LogP contribution in [0.5, 0.6) is 0 Å². The van der Waals surface area contributed by atoms with Crippen LogP contribution in [0.4, 0.5) is 0 Å². The van der Waals surface area contributed by atoms with Gasteiger partial charge in [0.2, 0.25) is 11.3 Å².